The predicted molar refractivity (Wildman–Crippen MR) is 70.5 cm³/mol. The molecule has 2 aromatic rings. The Balaban J connectivity index is 2.51. The Morgan fingerprint density at radius 2 is 2.12 bits per heavy atom. The molecule has 90 valence electrons. The van der Waals surface area contributed by atoms with E-state index < -0.39 is 0 Å². The molecule has 0 fully saturated rings. The molecule has 0 saturated carbocycles. The number of halogens is 1. The molecule has 1 unspecified atom stereocenters. The molecule has 0 amide bonds. The van der Waals surface area contributed by atoms with Crippen molar-refractivity contribution < 1.29 is 0 Å². The maximum atomic E-state index is 6.10. The summed E-state index contributed by atoms with van der Waals surface area (Å²) in [4.78, 5) is 0. The Bertz CT molecular complexity index is 500. The van der Waals surface area contributed by atoms with Gasteiger partial charge in [0.25, 0.3) is 0 Å². The zero-order valence-electron chi connectivity index (χ0n) is 10.0. The van der Waals surface area contributed by atoms with Crippen molar-refractivity contribution in [3.8, 4) is 5.69 Å². The van der Waals surface area contributed by atoms with Crippen LogP contribution in [-0.4, -0.2) is 9.78 Å². The second-order valence-corrected chi connectivity index (χ2v) is 4.49. The van der Waals surface area contributed by atoms with Crippen LogP contribution in [0.4, 0.5) is 0 Å². The van der Waals surface area contributed by atoms with Crippen LogP contribution >= 0.6 is 11.6 Å². The lowest BCUT2D eigenvalue weighted by Crippen LogP contribution is -2.12. The Morgan fingerprint density at radius 1 is 1.41 bits per heavy atom. The maximum Gasteiger partial charge on any atom is 0.0819 e. The Labute approximate surface area is 106 Å². The summed E-state index contributed by atoms with van der Waals surface area (Å²) in [5.41, 5.74) is 9.02. The van der Waals surface area contributed by atoms with Crippen LogP contribution in [0.5, 0.6) is 0 Å². The minimum Gasteiger partial charge on any atom is -0.324 e. The lowest BCUT2D eigenvalue weighted by molar-refractivity contribution is 0.686. The third-order valence-corrected chi connectivity index (χ3v) is 3.23. The molecule has 2 N–H and O–H groups in total. The second-order valence-electron chi connectivity index (χ2n) is 4.08. The summed E-state index contributed by atoms with van der Waals surface area (Å²) in [5.74, 6) is 0. The molecule has 17 heavy (non-hydrogen) atoms. The largest absolute Gasteiger partial charge is 0.324 e. The van der Waals surface area contributed by atoms with Crippen molar-refractivity contribution in [1.82, 2.24) is 9.78 Å². The quantitative estimate of drug-likeness (QED) is 0.908. The molecule has 1 aromatic carbocycles. The molecule has 0 saturated heterocycles. The van der Waals surface area contributed by atoms with Crippen molar-refractivity contribution in [2.24, 2.45) is 5.73 Å². The van der Waals surface area contributed by atoms with E-state index in [2.05, 4.69) is 12.0 Å². The first-order valence-corrected chi connectivity index (χ1v) is 6.08. The molecule has 3 nitrogen and oxygen atoms in total. The first-order chi connectivity index (χ1) is 8.13. The van der Waals surface area contributed by atoms with Gasteiger partial charge in [-0.05, 0) is 25.0 Å². The van der Waals surface area contributed by atoms with Gasteiger partial charge in [0.05, 0.1) is 16.4 Å². The van der Waals surface area contributed by atoms with Crippen molar-refractivity contribution in [2.45, 2.75) is 26.3 Å². The molecular weight excluding hydrogens is 234 g/mol. The monoisotopic (exact) mass is 249 g/mol. The van der Waals surface area contributed by atoms with Gasteiger partial charge in [-0.2, -0.15) is 5.10 Å². The average molecular weight is 250 g/mol. The number of benzene rings is 1. The smallest absolute Gasteiger partial charge is 0.0819 e. The highest BCUT2D eigenvalue weighted by atomic mass is 35.5. The van der Waals surface area contributed by atoms with Crippen molar-refractivity contribution in [2.75, 3.05) is 0 Å². The number of nitrogens with two attached hydrogens (primary N) is 1. The fourth-order valence-electron chi connectivity index (χ4n) is 1.79. The van der Waals surface area contributed by atoms with E-state index in [0.717, 1.165) is 23.4 Å². The molecule has 0 radical (unpaired) electrons. The second kappa shape index (κ2) is 4.90. The van der Waals surface area contributed by atoms with E-state index in [-0.39, 0.29) is 6.04 Å². The van der Waals surface area contributed by atoms with Gasteiger partial charge in [0.15, 0.2) is 0 Å². The van der Waals surface area contributed by atoms with E-state index in [9.17, 15) is 0 Å². The first-order valence-electron chi connectivity index (χ1n) is 5.70. The van der Waals surface area contributed by atoms with E-state index in [4.69, 9.17) is 17.3 Å². The van der Waals surface area contributed by atoms with Gasteiger partial charge in [-0.25, -0.2) is 4.68 Å². The highest BCUT2D eigenvalue weighted by Crippen LogP contribution is 2.23. The molecule has 0 aliphatic carbocycles. The van der Waals surface area contributed by atoms with Crippen LogP contribution in [0.3, 0.4) is 0 Å². The van der Waals surface area contributed by atoms with Gasteiger partial charge in [-0.3, -0.25) is 0 Å². The molecule has 0 aliphatic heterocycles. The van der Waals surface area contributed by atoms with Crippen molar-refractivity contribution >= 4 is 11.6 Å². The van der Waals surface area contributed by atoms with Gasteiger partial charge in [-0.15, -0.1) is 0 Å². The maximum absolute atomic E-state index is 6.10. The molecular formula is C13H16ClN3. The summed E-state index contributed by atoms with van der Waals surface area (Å²) in [6, 6.07) is 8.04. The summed E-state index contributed by atoms with van der Waals surface area (Å²) < 4.78 is 1.79. The molecule has 0 spiro atoms. The zero-order chi connectivity index (χ0) is 12.4. The van der Waals surface area contributed by atoms with Crippen LogP contribution in [0.1, 0.15) is 30.6 Å². The fraction of sp³-hybridized carbons (Fsp3) is 0.308. The normalized spacial score (nSPS) is 12.7. The van der Waals surface area contributed by atoms with Gasteiger partial charge in [0.1, 0.15) is 0 Å². The van der Waals surface area contributed by atoms with Gasteiger partial charge >= 0.3 is 0 Å². The third-order valence-electron chi connectivity index (χ3n) is 2.86. The Hall–Kier alpha value is -1.32. The van der Waals surface area contributed by atoms with Crippen molar-refractivity contribution in [3.63, 3.8) is 0 Å². The number of aryl methyl sites for hydroxylation is 1. The zero-order valence-corrected chi connectivity index (χ0v) is 10.8. The van der Waals surface area contributed by atoms with Crippen LogP contribution in [0.25, 0.3) is 5.69 Å². The topological polar surface area (TPSA) is 43.8 Å². The van der Waals surface area contributed by atoms with Crippen LogP contribution < -0.4 is 5.73 Å². The van der Waals surface area contributed by atoms with E-state index in [1.54, 1.807) is 4.68 Å². The number of nitrogens with zero attached hydrogens (tertiary/aromatic N) is 2. The van der Waals surface area contributed by atoms with Crippen LogP contribution in [0, 0.1) is 6.92 Å². The Morgan fingerprint density at radius 3 is 2.71 bits per heavy atom. The lowest BCUT2D eigenvalue weighted by Gasteiger charge is -2.14. The van der Waals surface area contributed by atoms with E-state index in [0.29, 0.717) is 5.02 Å². The van der Waals surface area contributed by atoms with E-state index >= 15 is 0 Å². The molecule has 0 bridgehead atoms. The van der Waals surface area contributed by atoms with E-state index in [1.807, 2.05) is 37.4 Å². The highest BCUT2D eigenvalue weighted by Gasteiger charge is 2.12. The number of rotatable bonds is 3. The van der Waals surface area contributed by atoms with Gasteiger partial charge in [-0.1, -0.05) is 36.7 Å². The molecule has 1 atom stereocenters. The van der Waals surface area contributed by atoms with Gasteiger partial charge in [0, 0.05) is 12.2 Å². The molecule has 0 aliphatic rings. The summed E-state index contributed by atoms with van der Waals surface area (Å²) >= 11 is 6.03. The van der Waals surface area contributed by atoms with Crippen LogP contribution in [-0.2, 0) is 0 Å². The molecule has 4 heteroatoms. The first kappa shape index (κ1) is 12.1. The molecule has 1 heterocycles. The standard InChI is InChI=1S/C13H16ClN3/c1-3-12(15)10-6-4-5-7-13(10)17-8-11(14)9(2)16-17/h4-8,12H,3,15H2,1-2H3. The SMILES string of the molecule is CCC(N)c1ccccc1-n1cc(Cl)c(C)n1. The number of aromatic nitrogens is 2. The minimum atomic E-state index is 0.0227. The summed E-state index contributed by atoms with van der Waals surface area (Å²) in [6.45, 7) is 3.96. The minimum absolute atomic E-state index is 0.0227. The molecule has 1 aromatic heterocycles. The highest BCUT2D eigenvalue weighted by molar-refractivity contribution is 6.31. The third kappa shape index (κ3) is 2.35. The number of para-hydroxylation sites is 1. The summed E-state index contributed by atoms with van der Waals surface area (Å²) in [5, 5.41) is 5.06. The van der Waals surface area contributed by atoms with Crippen LogP contribution in [0.2, 0.25) is 5.02 Å². The average Bonchev–Trinajstić information content (AvgIpc) is 2.68. The van der Waals surface area contributed by atoms with Gasteiger partial charge < -0.3 is 5.73 Å². The van der Waals surface area contributed by atoms with Crippen molar-refractivity contribution in [1.29, 1.82) is 0 Å². The fourth-order valence-corrected chi connectivity index (χ4v) is 1.92. The summed E-state index contributed by atoms with van der Waals surface area (Å²) in [7, 11) is 0. The van der Waals surface area contributed by atoms with E-state index in [1.165, 1.54) is 0 Å². The summed E-state index contributed by atoms with van der Waals surface area (Å²) in [6.07, 6.45) is 2.71. The molecule has 2 rings (SSSR count). The predicted octanol–water partition coefficient (Wildman–Crippen LogP) is 3.24. The Kier molecular flexibility index (Phi) is 3.50. The van der Waals surface area contributed by atoms with Crippen molar-refractivity contribution in [3.05, 3.63) is 46.7 Å². The van der Waals surface area contributed by atoms with Gasteiger partial charge in [0.2, 0.25) is 0 Å². The lowest BCUT2D eigenvalue weighted by atomic mass is 10.0. The number of hydrogen-bond acceptors (Lipinski definition) is 2. The van der Waals surface area contributed by atoms with Crippen LogP contribution in [0.15, 0.2) is 30.5 Å². The number of hydrogen-bond donors (Lipinski definition) is 1.